The maximum absolute atomic E-state index is 12.4. The minimum atomic E-state index is -0.808. The van der Waals surface area contributed by atoms with Gasteiger partial charge >= 0.3 is 5.97 Å². The molecule has 0 aliphatic carbocycles. The Hall–Kier alpha value is -3.05. The number of thiocarbonyl (C=S) groups is 1. The van der Waals surface area contributed by atoms with E-state index in [0.717, 1.165) is 10.4 Å². The van der Waals surface area contributed by atoms with Crippen LogP contribution in [0.3, 0.4) is 0 Å². The van der Waals surface area contributed by atoms with E-state index in [1.54, 1.807) is 25.1 Å². The summed E-state index contributed by atoms with van der Waals surface area (Å²) in [5, 5.41) is 3.62. The molecule has 31 heavy (non-hydrogen) atoms. The van der Waals surface area contributed by atoms with Crippen molar-refractivity contribution in [1.29, 1.82) is 0 Å². The number of hydrogen-bond donors (Lipinski definition) is 3. The van der Waals surface area contributed by atoms with Crippen molar-refractivity contribution in [2.75, 3.05) is 19.2 Å². The zero-order chi connectivity index (χ0) is 22.5. The van der Waals surface area contributed by atoms with Crippen molar-refractivity contribution in [3.63, 3.8) is 0 Å². The summed E-state index contributed by atoms with van der Waals surface area (Å²) in [5.41, 5.74) is 6.46. The van der Waals surface area contributed by atoms with E-state index in [0.29, 0.717) is 34.2 Å². The molecule has 0 unspecified atom stereocenters. The molecule has 1 aromatic heterocycles. The van der Waals surface area contributed by atoms with Gasteiger partial charge in [-0.05, 0) is 50.2 Å². The topological polar surface area (TPSA) is 107 Å². The largest absolute Gasteiger partial charge is 0.481 e. The highest BCUT2D eigenvalue weighted by atomic mass is 32.1. The third-order valence-corrected chi connectivity index (χ3v) is 5.77. The zero-order valence-electron chi connectivity index (χ0n) is 17.5. The smallest absolute Gasteiger partial charge is 0.341 e. The molecule has 2 heterocycles. The van der Waals surface area contributed by atoms with E-state index < -0.39 is 18.0 Å². The van der Waals surface area contributed by atoms with Crippen molar-refractivity contribution >= 4 is 45.5 Å². The van der Waals surface area contributed by atoms with Crippen molar-refractivity contribution in [1.82, 2.24) is 10.9 Å². The molecule has 1 aromatic carbocycles. The second-order valence-corrected chi connectivity index (χ2v) is 8.16. The number of benzene rings is 1. The lowest BCUT2D eigenvalue weighted by Crippen LogP contribution is -2.48. The standard InChI is InChI=1S/C20H23N3O6S2/c1-5-13-11(3)31-18(16(13)19(25)26-4)21-20(30)23-22-17(24)10(2)29-12-6-7-14-15(8-12)28-9-27-14/h6-8,10H,5,9H2,1-4H3,(H,22,24)(H2,21,23,30)/t10-/m1/s1. The Morgan fingerprint density at radius 1 is 1.26 bits per heavy atom. The number of rotatable bonds is 6. The maximum Gasteiger partial charge on any atom is 0.341 e. The number of methoxy groups -OCH3 is 1. The molecule has 0 radical (unpaired) electrons. The summed E-state index contributed by atoms with van der Waals surface area (Å²) in [4.78, 5) is 25.5. The molecule has 3 N–H and O–H groups in total. The molecule has 0 spiro atoms. The number of fused-ring (bicyclic) bond motifs is 1. The van der Waals surface area contributed by atoms with Gasteiger partial charge < -0.3 is 24.3 Å². The second kappa shape index (κ2) is 9.84. The Bertz CT molecular complexity index is 1010. The van der Waals surface area contributed by atoms with E-state index in [1.165, 1.54) is 18.4 Å². The molecule has 11 heteroatoms. The summed E-state index contributed by atoms with van der Waals surface area (Å²) in [6.45, 7) is 5.64. The van der Waals surface area contributed by atoms with E-state index in [-0.39, 0.29) is 11.9 Å². The number of esters is 1. The molecule has 9 nitrogen and oxygen atoms in total. The van der Waals surface area contributed by atoms with Gasteiger partial charge in [0.2, 0.25) is 6.79 Å². The number of hydrogen-bond acceptors (Lipinski definition) is 8. The van der Waals surface area contributed by atoms with Gasteiger partial charge in [-0.3, -0.25) is 15.6 Å². The zero-order valence-corrected chi connectivity index (χ0v) is 19.1. The van der Waals surface area contributed by atoms with Crippen molar-refractivity contribution < 1.29 is 28.5 Å². The van der Waals surface area contributed by atoms with Crippen molar-refractivity contribution in [2.24, 2.45) is 0 Å². The molecule has 3 rings (SSSR count). The minimum Gasteiger partial charge on any atom is -0.481 e. The average molecular weight is 466 g/mol. The van der Waals surface area contributed by atoms with Gasteiger partial charge in [0.1, 0.15) is 10.8 Å². The first-order valence-electron chi connectivity index (χ1n) is 9.47. The molecule has 0 bridgehead atoms. The molecule has 1 aliphatic heterocycles. The number of carbonyl (C=O) groups excluding carboxylic acids is 2. The number of carbonyl (C=O) groups is 2. The van der Waals surface area contributed by atoms with Crippen LogP contribution >= 0.6 is 23.6 Å². The SMILES string of the molecule is CCc1c(C)sc(NC(=S)NNC(=O)[C@@H](C)Oc2ccc3c(c2)OCO3)c1C(=O)OC. The fourth-order valence-electron chi connectivity index (χ4n) is 2.97. The minimum absolute atomic E-state index is 0.123. The van der Waals surface area contributed by atoms with Crippen LogP contribution in [0.25, 0.3) is 0 Å². The van der Waals surface area contributed by atoms with Crippen LogP contribution in [0, 0.1) is 6.92 Å². The molecule has 1 atom stereocenters. The predicted molar refractivity (Wildman–Crippen MR) is 120 cm³/mol. The van der Waals surface area contributed by atoms with Crippen LogP contribution in [0.1, 0.15) is 34.6 Å². The lowest BCUT2D eigenvalue weighted by molar-refractivity contribution is -0.127. The predicted octanol–water partition coefficient (Wildman–Crippen LogP) is 2.92. The molecule has 1 amide bonds. The highest BCUT2D eigenvalue weighted by molar-refractivity contribution is 7.80. The highest BCUT2D eigenvalue weighted by Crippen LogP contribution is 2.35. The van der Waals surface area contributed by atoms with Gasteiger partial charge in [-0.2, -0.15) is 0 Å². The van der Waals surface area contributed by atoms with Crippen LogP contribution in [0.5, 0.6) is 17.2 Å². The van der Waals surface area contributed by atoms with E-state index >= 15 is 0 Å². The molecular weight excluding hydrogens is 442 g/mol. The second-order valence-electron chi connectivity index (χ2n) is 6.53. The van der Waals surface area contributed by atoms with E-state index in [2.05, 4.69) is 16.2 Å². The van der Waals surface area contributed by atoms with E-state index in [9.17, 15) is 9.59 Å². The first-order chi connectivity index (χ1) is 14.8. The molecule has 2 aromatic rings. The van der Waals surface area contributed by atoms with Gasteiger partial charge in [-0.1, -0.05) is 6.92 Å². The van der Waals surface area contributed by atoms with Gasteiger partial charge in [0, 0.05) is 10.9 Å². The van der Waals surface area contributed by atoms with Crippen LogP contribution in [0.2, 0.25) is 0 Å². The first-order valence-corrected chi connectivity index (χ1v) is 10.7. The lowest BCUT2D eigenvalue weighted by Gasteiger charge is -2.16. The molecular formula is C20H23N3O6S2. The summed E-state index contributed by atoms with van der Waals surface area (Å²) in [5.74, 6) is 0.779. The van der Waals surface area contributed by atoms with Crippen LogP contribution in [-0.2, 0) is 16.0 Å². The van der Waals surface area contributed by atoms with Crippen LogP contribution < -0.4 is 30.4 Å². The Kier molecular flexibility index (Phi) is 7.18. The molecule has 1 aliphatic rings. The van der Waals surface area contributed by atoms with Crippen LogP contribution in [0.4, 0.5) is 5.00 Å². The van der Waals surface area contributed by atoms with E-state index in [4.69, 9.17) is 31.2 Å². The average Bonchev–Trinajstić information content (AvgIpc) is 3.34. The maximum atomic E-state index is 12.4. The normalized spacial score (nSPS) is 12.6. The molecule has 0 saturated carbocycles. The van der Waals surface area contributed by atoms with Crippen molar-refractivity contribution in [2.45, 2.75) is 33.3 Å². The van der Waals surface area contributed by atoms with Crippen LogP contribution in [0.15, 0.2) is 18.2 Å². The Morgan fingerprint density at radius 2 is 2.00 bits per heavy atom. The summed E-state index contributed by atoms with van der Waals surface area (Å²) in [6, 6.07) is 5.06. The summed E-state index contributed by atoms with van der Waals surface area (Å²) >= 11 is 6.63. The fourth-order valence-corrected chi connectivity index (χ4v) is 4.33. The van der Waals surface area contributed by atoms with E-state index in [1.807, 2.05) is 13.8 Å². The number of ether oxygens (including phenoxy) is 4. The summed E-state index contributed by atoms with van der Waals surface area (Å²) in [7, 11) is 1.33. The van der Waals surface area contributed by atoms with Gasteiger partial charge in [0.25, 0.3) is 5.91 Å². The van der Waals surface area contributed by atoms with Crippen LogP contribution in [-0.4, -0.2) is 37.0 Å². The number of anilines is 1. The van der Waals surface area contributed by atoms with Crippen molar-refractivity contribution in [3.8, 4) is 17.2 Å². The third kappa shape index (κ3) is 5.17. The van der Waals surface area contributed by atoms with Gasteiger partial charge in [0.05, 0.1) is 12.7 Å². The Morgan fingerprint density at radius 3 is 2.71 bits per heavy atom. The number of thiophene rings is 1. The number of nitrogens with one attached hydrogen (secondary N) is 3. The Balaban J connectivity index is 1.56. The fraction of sp³-hybridized carbons (Fsp3) is 0.350. The van der Waals surface area contributed by atoms with Gasteiger partial charge in [-0.25, -0.2) is 4.79 Å². The summed E-state index contributed by atoms with van der Waals surface area (Å²) in [6.07, 6.45) is -0.128. The summed E-state index contributed by atoms with van der Waals surface area (Å²) < 4.78 is 21.1. The van der Waals surface area contributed by atoms with Gasteiger partial charge in [0.15, 0.2) is 22.7 Å². The monoisotopic (exact) mass is 465 g/mol. The lowest BCUT2D eigenvalue weighted by atomic mass is 10.1. The molecule has 166 valence electrons. The number of amides is 1. The number of aryl methyl sites for hydroxylation is 1. The van der Waals surface area contributed by atoms with Crippen molar-refractivity contribution in [3.05, 3.63) is 34.2 Å². The molecule has 0 saturated heterocycles. The molecule has 0 fully saturated rings. The third-order valence-electron chi connectivity index (χ3n) is 4.50. The number of hydrazine groups is 1. The van der Waals surface area contributed by atoms with Gasteiger partial charge in [-0.15, -0.1) is 11.3 Å². The Labute approximate surface area is 189 Å². The highest BCUT2D eigenvalue weighted by Gasteiger charge is 2.23. The first kappa shape index (κ1) is 22.6. The quantitative estimate of drug-likeness (QED) is 0.337.